The van der Waals surface area contributed by atoms with Crippen LogP contribution >= 0.6 is 15.9 Å². The van der Waals surface area contributed by atoms with Crippen LogP contribution in [0.4, 0.5) is 0 Å². The van der Waals surface area contributed by atoms with E-state index in [0.717, 1.165) is 0 Å². The second kappa shape index (κ2) is 4.36. The van der Waals surface area contributed by atoms with Gasteiger partial charge < -0.3 is 9.84 Å². The van der Waals surface area contributed by atoms with Crippen molar-refractivity contribution in [2.75, 3.05) is 13.2 Å². The highest BCUT2D eigenvalue weighted by atomic mass is 79.9. The van der Waals surface area contributed by atoms with E-state index in [2.05, 4.69) is 20.7 Å². The van der Waals surface area contributed by atoms with Gasteiger partial charge in [0.25, 0.3) is 0 Å². The van der Waals surface area contributed by atoms with Crippen LogP contribution in [0.1, 0.15) is 6.92 Å². The molecular formula is C5H8BrNO5. The summed E-state index contributed by atoms with van der Waals surface area (Å²) >= 11 is 2.49. The summed E-state index contributed by atoms with van der Waals surface area (Å²) in [5, 5.41) is 18.8. The number of carbonyl (C=O) groups is 1. The number of carbonyl (C=O) groups excluding carboxylic acids is 1. The van der Waals surface area contributed by atoms with Crippen LogP contribution in [0.5, 0.6) is 0 Å². The van der Waals surface area contributed by atoms with Gasteiger partial charge in [-0.2, -0.15) is 0 Å². The number of hydrogen-bond donors (Lipinski definition) is 1. The zero-order chi connectivity index (χ0) is 9.78. The topological polar surface area (TPSA) is 89.7 Å². The van der Waals surface area contributed by atoms with E-state index in [1.165, 1.54) is 6.92 Å². The van der Waals surface area contributed by atoms with Gasteiger partial charge >= 0.3 is 10.4 Å². The summed E-state index contributed by atoms with van der Waals surface area (Å²) in [6.45, 7) is 0.599. The molecule has 1 N–H and O–H groups in total. The number of aliphatic hydroxyl groups is 1. The zero-order valence-electron chi connectivity index (χ0n) is 6.32. The molecule has 6 nitrogen and oxygen atoms in total. The van der Waals surface area contributed by atoms with Crippen LogP contribution in [0.3, 0.4) is 0 Å². The molecule has 1 atom stereocenters. The Hall–Kier alpha value is -0.690. The molecule has 7 heteroatoms. The Balaban J connectivity index is 4.52. The molecule has 0 heterocycles. The van der Waals surface area contributed by atoms with E-state index >= 15 is 0 Å². The van der Waals surface area contributed by atoms with Gasteiger partial charge in [-0.25, -0.2) is 4.79 Å². The van der Waals surface area contributed by atoms with Crippen LogP contribution < -0.4 is 0 Å². The smallest absolute Gasteiger partial charge is 0.399 e. The van der Waals surface area contributed by atoms with Crippen molar-refractivity contribution in [1.82, 2.24) is 0 Å². The second-order valence-electron chi connectivity index (χ2n) is 1.90. The first-order valence-electron chi connectivity index (χ1n) is 3.10. The Morgan fingerprint density at radius 1 is 1.83 bits per heavy atom. The third-order valence-electron chi connectivity index (χ3n) is 1.09. The molecule has 0 aliphatic rings. The normalized spacial score (nSPS) is 14.9. The van der Waals surface area contributed by atoms with Crippen LogP contribution in [-0.4, -0.2) is 33.7 Å². The first kappa shape index (κ1) is 11.3. The number of nitrogens with zero attached hydrogens (tertiary/aromatic N) is 1. The lowest BCUT2D eigenvalue weighted by Crippen LogP contribution is -2.45. The van der Waals surface area contributed by atoms with Gasteiger partial charge in [-0.3, -0.25) is 10.1 Å². The molecule has 0 spiro atoms. The fourth-order valence-electron chi connectivity index (χ4n) is 0.438. The zero-order valence-corrected chi connectivity index (χ0v) is 7.91. The molecule has 0 fully saturated rings. The molecule has 0 saturated heterocycles. The van der Waals surface area contributed by atoms with Crippen molar-refractivity contribution in [1.29, 1.82) is 0 Å². The largest absolute Gasteiger partial charge is 0.460 e. The summed E-state index contributed by atoms with van der Waals surface area (Å²) in [6.07, 6.45) is 0. The Bertz CT molecular complexity index is 196. The average molecular weight is 242 g/mol. The van der Waals surface area contributed by atoms with Gasteiger partial charge in [0.2, 0.25) is 0 Å². The minimum atomic E-state index is -2.22. The van der Waals surface area contributed by atoms with E-state index in [1.807, 2.05) is 0 Å². The molecule has 12 heavy (non-hydrogen) atoms. The predicted molar refractivity (Wildman–Crippen MR) is 42.4 cm³/mol. The first-order chi connectivity index (χ1) is 5.49. The Kier molecular flexibility index (Phi) is 4.11. The van der Waals surface area contributed by atoms with Crippen LogP contribution in [0.25, 0.3) is 0 Å². The summed E-state index contributed by atoms with van der Waals surface area (Å²) < 4.78 is 2.15. The molecule has 1 unspecified atom stereocenters. The minimum Gasteiger partial charge on any atom is -0.460 e. The Morgan fingerprint density at radius 3 is 2.58 bits per heavy atom. The molecule has 0 saturated carbocycles. The number of rotatable bonds is 4. The predicted octanol–water partition coefficient (Wildman–Crippen LogP) is -0.0903. The van der Waals surface area contributed by atoms with Crippen molar-refractivity contribution in [3.8, 4) is 0 Å². The van der Waals surface area contributed by atoms with E-state index in [4.69, 9.17) is 5.11 Å². The fraction of sp³-hybridized carbons (Fsp3) is 0.800. The lowest BCUT2D eigenvalue weighted by Gasteiger charge is -2.13. The average Bonchev–Trinajstić information content (AvgIpc) is 2.03. The van der Waals surface area contributed by atoms with Gasteiger partial charge in [-0.1, -0.05) is 0 Å². The molecule has 0 aromatic rings. The van der Waals surface area contributed by atoms with Gasteiger partial charge in [-0.15, -0.1) is 0 Å². The monoisotopic (exact) mass is 241 g/mol. The highest BCUT2D eigenvalue weighted by Gasteiger charge is 2.49. The third kappa shape index (κ3) is 2.15. The summed E-state index contributed by atoms with van der Waals surface area (Å²) in [7, 11) is 0. The highest BCUT2D eigenvalue weighted by Crippen LogP contribution is 2.19. The SMILES string of the molecule is CCOC(=O)C(Br)(CO)[N+](=O)[O-]. The quantitative estimate of drug-likeness (QED) is 0.244. The number of esters is 1. The van der Waals surface area contributed by atoms with Crippen molar-refractivity contribution >= 4 is 21.9 Å². The number of ether oxygens (including phenoxy) is 1. The maximum absolute atomic E-state index is 10.9. The van der Waals surface area contributed by atoms with E-state index in [0.29, 0.717) is 0 Å². The number of hydrogen-bond acceptors (Lipinski definition) is 5. The van der Waals surface area contributed by atoms with Crippen molar-refractivity contribution in [2.24, 2.45) is 0 Å². The molecule has 0 aromatic carbocycles. The maximum atomic E-state index is 10.9. The summed E-state index contributed by atoms with van der Waals surface area (Å²) in [6, 6.07) is 0. The fourth-order valence-corrected chi connectivity index (χ4v) is 0.553. The maximum Gasteiger partial charge on any atom is 0.399 e. The number of alkyl halides is 1. The molecule has 0 amide bonds. The lowest BCUT2D eigenvalue weighted by molar-refractivity contribution is -0.525. The van der Waals surface area contributed by atoms with Gasteiger partial charge in [0.1, 0.15) is 6.61 Å². The molecule has 0 rings (SSSR count). The van der Waals surface area contributed by atoms with Crippen LogP contribution in [-0.2, 0) is 9.53 Å². The second-order valence-corrected chi connectivity index (χ2v) is 3.21. The minimum absolute atomic E-state index is 0.0278. The standard InChI is InChI=1S/C5H8BrNO5/c1-2-12-4(9)5(6,3-8)7(10)11/h8H,2-3H2,1H3. The highest BCUT2D eigenvalue weighted by molar-refractivity contribution is 9.10. The third-order valence-corrected chi connectivity index (χ3v) is 1.95. The van der Waals surface area contributed by atoms with Crippen molar-refractivity contribution in [3.63, 3.8) is 0 Å². The summed E-state index contributed by atoms with van der Waals surface area (Å²) in [5.41, 5.74) is 0. The van der Waals surface area contributed by atoms with Crippen LogP contribution in [0, 0.1) is 10.1 Å². The van der Waals surface area contributed by atoms with Gasteiger partial charge in [0.15, 0.2) is 0 Å². The van der Waals surface area contributed by atoms with Gasteiger partial charge in [0.05, 0.1) is 11.5 Å². The molecule has 0 aliphatic carbocycles. The Morgan fingerprint density at radius 2 is 2.33 bits per heavy atom. The molecule has 70 valence electrons. The lowest BCUT2D eigenvalue weighted by atomic mass is 10.3. The number of halogens is 1. The van der Waals surface area contributed by atoms with E-state index in [9.17, 15) is 14.9 Å². The van der Waals surface area contributed by atoms with Crippen molar-refractivity contribution < 1.29 is 19.6 Å². The van der Waals surface area contributed by atoms with Gasteiger partial charge in [0, 0.05) is 15.9 Å². The van der Waals surface area contributed by atoms with E-state index < -0.39 is 21.9 Å². The van der Waals surface area contributed by atoms with E-state index in [1.54, 1.807) is 0 Å². The number of nitro groups is 1. The van der Waals surface area contributed by atoms with Crippen molar-refractivity contribution in [3.05, 3.63) is 10.1 Å². The van der Waals surface area contributed by atoms with Crippen LogP contribution in [0.2, 0.25) is 0 Å². The Labute approximate surface area is 76.8 Å². The molecular weight excluding hydrogens is 234 g/mol. The van der Waals surface area contributed by atoms with Gasteiger partial charge in [-0.05, 0) is 6.92 Å². The molecule has 0 aromatic heterocycles. The molecule has 0 radical (unpaired) electrons. The van der Waals surface area contributed by atoms with Crippen molar-refractivity contribution in [2.45, 2.75) is 11.4 Å². The first-order valence-corrected chi connectivity index (χ1v) is 3.89. The summed E-state index contributed by atoms with van der Waals surface area (Å²) in [5.74, 6) is -1.10. The van der Waals surface area contributed by atoms with E-state index in [-0.39, 0.29) is 6.61 Å². The molecule has 0 bridgehead atoms. The van der Waals surface area contributed by atoms with Crippen LogP contribution in [0.15, 0.2) is 0 Å². The number of aliphatic hydroxyl groups excluding tert-OH is 1. The molecule has 0 aliphatic heterocycles. The summed E-state index contributed by atoms with van der Waals surface area (Å²) in [4.78, 5) is 20.2.